The standard InChI is InChI=1S/C16H20N2O/c1-5-19-16-8-6-7-15(10-16)17-11-14-9-12(2)18(4)13(14)3/h6-11H,5H2,1-4H3. The Morgan fingerprint density at radius 1 is 1.26 bits per heavy atom. The van der Waals surface area contributed by atoms with Crippen molar-refractivity contribution in [3.8, 4) is 5.75 Å². The number of rotatable bonds is 4. The molecule has 1 aromatic carbocycles. The van der Waals surface area contributed by atoms with E-state index in [9.17, 15) is 0 Å². The summed E-state index contributed by atoms with van der Waals surface area (Å²) in [6, 6.07) is 9.97. The molecule has 0 radical (unpaired) electrons. The Morgan fingerprint density at radius 3 is 2.68 bits per heavy atom. The highest BCUT2D eigenvalue weighted by molar-refractivity contribution is 5.83. The van der Waals surface area contributed by atoms with Crippen molar-refractivity contribution >= 4 is 11.9 Å². The molecule has 0 N–H and O–H groups in total. The molecule has 0 fully saturated rings. The van der Waals surface area contributed by atoms with Crippen LogP contribution in [0.2, 0.25) is 0 Å². The molecular weight excluding hydrogens is 236 g/mol. The maximum atomic E-state index is 5.47. The summed E-state index contributed by atoms with van der Waals surface area (Å²) in [7, 11) is 2.07. The summed E-state index contributed by atoms with van der Waals surface area (Å²) in [5.74, 6) is 0.859. The first-order valence-corrected chi connectivity index (χ1v) is 6.51. The smallest absolute Gasteiger partial charge is 0.121 e. The van der Waals surface area contributed by atoms with Gasteiger partial charge in [-0.05, 0) is 39.0 Å². The van der Waals surface area contributed by atoms with Gasteiger partial charge in [-0.1, -0.05) is 6.07 Å². The van der Waals surface area contributed by atoms with E-state index in [0.29, 0.717) is 6.61 Å². The first-order valence-electron chi connectivity index (χ1n) is 6.51. The zero-order valence-electron chi connectivity index (χ0n) is 12.0. The van der Waals surface area contributed by atoms with Gasteiger partial charge in [0.1, 0.15) is 5.75 Å². The van der Waals surface area contributed by atoms with Crippen LogP contribution < -0.4 is 4.74 Å². The number of hydrogen-bond donors (Lipinski definition) is 0. The number of ether oxygens (including phenoxy) is 1. The fourth-order valence-electron chi connectivity index (χ4n) is 1.98. The van der Waals surface area contributed by atoms with Gasteiger partial charge in [0.05, 0.1) is 12.3 Å². The Labute approximate surface area is 114 Å². The van der Waals surface area contributed by atoms with Crippen molar-refractivity contribution < 1.29 is 4.74 Å². The summed E-state index contributed by atoms with van der Waals surface area (Å²) >= 11 is 0. The molecular formula is C16H20N2O. The van der Waals surface area contributed by atoms with Gasteiger partial charge >= 0.3 is 0 Å². The van der Waals surface area contributed by atoms with Crippen LogP contribution in [0, 0.1) is 13.8 Å². The van der Waals surface area contributed by atoms with Gasteiger partial charge in [-0.2, -0.15) is 0 Å². The van der Waals surface area contributed by atoms with Crippen molar-refractivity contribution in [2.75, 3.05) is 6.61 Å². The second kappa shape index (κ2) is 5.74. The first kappa shape index (κ1) is 13.4. The quantitative estimate of drug-likeness (QED) is 0.764. The summed E-state index contributed by atoms with van der Waals surface area (Å²) in [6.07, 6.45) is 1.91. The highest BCUT2D eigenvalue weighted by Gasteiger charge is 2.03. The highest BCUT2D eigenvalue weighted by Crippen LogP contribution is 2.20. The average Bonchev–Trinajstić information content (AvgIpc) is 2.65. The fourth-order valence-corrected chi connectivity index (χ4v) is 1.98. The lowest BCUT2D eigenvalue weighted by Gasteiger charge is -2.02. The molecule has 1 aromatic heterocycles. The third-order valence-corrected chi connectivity index (χ3v) is 3.30. The molecule has 2 rings (SSSR count). The van der Waals surface area contributed by atoms with Gasteiger partial charge in [0.25, 0.3) is 0 Å². The van der Waals surface area contributed by atoms with E-state index >= 15 is 0 Å². The topological polar surface area (TPSA) is 26.5 Å². The largest absolute Gasteiger partial charge is 0.494 e. The number of benzene rings is 1. The molecule has 0 aliphatic rings. The van der Waals surface area contributed by atoms with E-state index in [1.165, 1.54) is 11.4 Å². The predicted octanol–water partition coefficient (Wildman–Crippen LogP) is 3.79. The first-order chi connectivity index (χ1) is 9.11. The molecule has 0 aliphatic heterocycles. The van der Waals surface area contributed by atoms with Crippen LogP contribution in [0.25, 0.3) is 0 Å². The van der Waals surface area contributed by atoms with Crippen LogP contribution >= 0.6 is 0 Å². The molecule has 3 heteroatoms. The van der Waals surface area contributed by atoms with Crippen molar-refractivity contribution in [1.82, 2.24) is 4.57 Å². The number of aryl methyl sites for hydroxylation is 1. The van der Waals surface area contributed by atoms with Crippen LogP contribution in [-0.4, -0.2) is 17.4 Å². The Kier molecular flexibility index (Phi) is 4.05. The third kappa shape index (κ3) is 3.05. The van der Waals surface area contributed by atoms with Gasteiger partial charge in [0.2, 0.25) is 0 Å². The second-order valence-electron chi connectivity index (χ2n) is 4.57. The SMILES string of the molecule is CCOc1cccc(N=Cc2cc(C)n(C)c2C)c1. The van der Waals surface area contributed by atoms with E-state index in [-0.39, 0.29) is 0 Å². The summed E-state index contributed by atoms with van der Waals surface area (Å²) in [6.45, 7) is 6.85. The molecule has 0 spiro atoms. The minimum absolute atomic E-state index is 0.671. The van der Waals surface area contributed by atoms with Crippen molar-refractivity contribution in [3.63, 3.8) is 0 Å². The zero-order valence-corrected chi connectivity index (χ0v) is 12.0. The van der Waals surface area contributed by atoms with E-state index in [4.69, 9.17) is 4.74 Å². The lowest BCUT2D eigenvalue weighted by Crippen LogP contribution is -1.93. The monoisotopic (exact) mass is 256 g/mol. The summed E-state index contributed by atoms with van der Waals surface area (Å²) in [4.78, 5) is 4.52. The van der Waals surface area contributed by atoms with E-state index in [1.807, 2.05) is 37.4 Å². The second-order valence-corrected chi connectivity index (χ2v) is 4.57. The van der Waals surface area contributed by atoms with Gasteiger partial charge < -0.3 is 9.30 Å². The normalized spacial score (nSPS) is 11.2. The molecule has 1 heterocycles. The van der Waals surface area contributed by atoms with Crippen LogP contribution in [0.3, 0.4) is 0 Å². The van der Waals surface area contributed by atoms with Crippen molar-refractivity contribution in [2.24, 2.45) is 12.0 Å². The molecule has 0 bridgehead atoms. The Morgan fingerprint density at radius 2 is 2.05 bits per heavy atom. The van der Waals surface area contributed by atoms with Gasteiger partial charge in [-0.25, -0.2) is 0 Å². The molecule has 0 saturated carbocycles. The van der Waals surface area contributed by atoms with Crippen LogP contribution in [-0.2, 0) is 7.05 Å². The minimum atomic E-state index is 0.671. The van der Waals surface area contributed by atoms with Crippen LogP contribution in [0.5, 0.6) is 5.75 Å². The van der Waals surface area contributed by atoms with E-state index in [0.717, 1.165) is 17.0 Å². The van der Waals surface area contributed by atoms with E-state index in [2.05, 4.69) is 36.5 Å². The number of hydrogen-bond acceptors (Lipinski definition) is 2. The summed E-state index contributed by atoms with van der Waals surface area (Å²) in [5.41, 5.74) is 4.53. The molecule has 0 unspecified atom stereocenters. The maximum Gasteiger partial charge on any atom is 0.121 e. The molecule has 100 valence electrons. The van der Waals surface area contributed by atoms with Crippen LogP contribution in [0.4, 0.5) is 5.69 Å². The van der Waals surface area contributed by atoms with Crippen LogP contribution in [0.1, 0.15) is 23.9 Å². The molecule has 19 heavy (non-hydrogen) atoms. The number of aliphatic imine (C=N–C) groups is 1. The lowest BCUT2D eigenvalue weighted by molar-refractivity contribution is 0.340. The van der Waals surface area contributed by atoms with Crippen LogP contribution in [0.15, 0.2) is 35.3 Å². The molecule has 2 aromatic rings. The summed E-state index contributed by atoms with van der Waals surface area (Å²) < 4.78 is 7.63. The zero-order chi connectivity index (χ0) is 13.8. The summed E-state index contributed by atoms with van der Waals surface area (Å²) in [5, 5.41) is 0. The van der Waals surface area contributed by atoms with E-state index in [1.54, 1.807) is 0 Å². The van der Waals surface area contributed by atoms with Gasteiger partial charge in [-0.3, -0.25) is 4.99 Å². The fraction of sp³-hybridized carbons (Fsp3) is 0.312. The molecule has 3 nitrogen and oxygen atoms in total. The van der Waals surface area contributed by atoms with Crippen molar-refractivity contribution in [3.05, 3.63) is 47.3 Å². The average molecular weight is 256 g/mol. The predicted molar refractivity (Wildman–Crippen MR) is 79.8 cm³/mol. The molecule has 0 amide bonds. The Balaban J connectivity index is 2.22. The Hall–Kier alpha value is -2.03. The molecule has 0 atom stereocenters. The number of nitrogens with zero attached hydrogens (tertiary/aromatic N) is 2. The third-order valence-electron chi connectivity index (χ3n) is 3.30. The maximum absolute atomic E-state index is 5.47. The van der Waals surface area contributed by atoms with Crippen molar-refractivity contribution in [2.45, 2.75) is 20.8 Å². The molecule has 0 saturated heterocycles. The number of aromatic nitrogens is 1. The van der Waals surface area contributed by atoms with Gasteiger partial charge in [0, 0.05) is 36.3 Å². The lowest BCUT2D eigenvalue weighted by atomic mass is 10.2. The van der Waals surface area contributed by atoms with Crippen molar-refractivity contribution in [1.29, 1.82) is 0 Å². The van der Waals surface area contributed by atoms with Gasteiger partial charge in [0.15, 0.2) is 0 Å². The minimum Gasteiger partial charge on any atom is -0.494 e. The molecule has 0 aliphatic carbocycles. The van der Waals surface area contributed by atoms with Gasteiger partial charge in [-0.15, -0.1) is 0 Å². The highest BCUT2D eigenvalue weighted by atomic mass is 16.5. The Bertz CT molecular complexity index is 597. The van der Waals surface area contributed by atoms with E-state index < -0.39 is 0 Å².